The Bertz CT molecular complexity index is 397. The molecule has 0 spiro atoms. The minimum atomic E-state index is -0.852. The van der Waals surface area contributed by atoms with E-state index in [4.69, 9.17) is 0 Å². The van der Waals surface area contributed by atoms with Crippen molar-refractivity contribution >= 4 is 5.91 Å². The molecule has 1 aromatic carbocycles. The Labute approximate surface area is 106 Å². The van der Waals surface area contributed by atoms with Crippen LogP contribution in [-0.4, -0.2) is 19.0 Å². The average Bonchev–Trinajstić information content (AvgIpc) is 2.37. The Morgan fingerprint density at radius 1 is 1.28 bits per heavy atom. The van der Waals surface area contributed by atoms with Gasteiger partial charge in [0.15, 0.2) is 11.6 Å². The largest absolute Gasteiger partial charge is 0.356 e. The van der Waals surface area contributed by atoms with Gasteiger partial charge in [0.05, 0.1) is 0 Å². The highest BCUT2D eigenvalue weighted by Gasteiger charge is 2.07. The molecule has 0 bridgehead atoms. The molecule has 0 fully saturated rings. The van der Waals surface area contributed by atoms with Gasteiger partial charge >= 0.3 is 0 Å². The summed E-state index contributed by atoms with van der Waals surface area (Å²) in [7, 11) is 0. The quantitative estimate of drug-likeness (QED) is 0.732. The van der Waals surface area contributed by atoms with Gasteiger partial charge in [0.25, 0.3) is 0 Å². The molecule has 100 valence electrons. The molecule has 1 rings (SSSR count). The van der Waals surface area contributed by atoms with E-state index in [-0.39, 0.29) is 18.0 Å². The minimum Gasteiger partial charge on any atom is -0.356 e. The highest BCUT2D eigenvalue weighted by molar-refractivity contribution is 5.75. The first-order valence-electron chi connectivity index (χ1n) is 6.05. The maximum atomic E-state index is 13.3. The molecule has 0 radical (unpaired) electrons. The molecule has 0 heterocycles. The summed E-state index contributed by atoms with van der Waals surface area (Å²) in [6.07, 6.45) is 1.23. The number of halogens is 2. The maximum Gasteiger partial charge on any atom is 0.221 e. The van der Waals surface area contributed by atoms with Crippen LogP contribution in [0.15, 0.2) is 18.2 Å². The molecule has 0 atom stereocenters. The summed E-state index contributed by atoms with van der Waals surface area (Å²) in [6, 6.07) is 4.06. The van der Waals surface area contributed by atoms with Crippen LogP contribution in [0.2, 0.25) is 0 Å². The topological polar surface area (TPSA) is 41.1 Å². The van der Waals surface area contributed by atoms with Crippen LogP contribution >= 0.6 is 0 Å². The molecule has 3 nitrogen and oxygen atoms in total. The van der Waals surface area contributed by atoms with Gasteiger partial charge in [0.1, 0.15) is 0 Å². The van der Waals surface area contributed by atoms with Gasteiger partial charge in [-0.05, 0) is 12.5 Å². The summed E-state index contributed by atoms with van der Waals surface area (Å²) >= 11 is 0. The van der Waals surface area contributed by atoms with Gasteiger partial charge < -0.3 is 10.6 Å². The van der Waals surface area contributed by atoms with E-state index in [1.54, 1.807) is 0 Å². The van der Waals surface area contributed by atoms with Gasteiger partial charge in [0.2, 0.25) is 5.91 Å². The van der Waals surface area contributed by atoms with E-state index in [9.17, 15) is 13.6 Å². The summed E-state index contributed by atoms with van der Waals surface area (Å²) in [5.74, 6) is -1.72. The lowest BCUT2D eigenvalue weighted by molar-refractivity contribution is -0.120. The molecule has 1 aromatic rings. The molecule has 5 heteroatoms. The first-order chi connectivity index (χ1) is 8.65. The molecule has 1 amide bonds. The van der Waals surface area contributed by atoms with Crippen LogP contribution in [0.25, 0.3) is 0 Å². The summed E-state index contributed by atoms with van der Waals surface area (Å²) in [4.78, 5) is 11.2. The van der Waals surface area contributed by atoms with Crippen LogP contribution in [0.5, 0.6) is 0 Å². The van der Waals surface area contributed by atoms with Crippen LogP contribution < -0.4 is 10.6 Å². The molecule has 2 N–H and O–H groups in total. The predicted octanol–water partition coefficient (Wildman–Crippen LogP) is 1.97. The van der Waals surface area contributed by atoms with Crippen molar-refractivity contribution in [3.63, 3.8) is 0 Å². The van der Waals surface area contributed by atoms with Crippen LogP contribution in [0.4, 0.5) is 8.78 Å². The van der Waals surface area contributed by atoms with E-state index < -0.39 is 11.6 Å². The second-order valence-corrected chi connectivity index (χ2v) is 3.99. The second kappa shape index (κ2) is 7.76. The van der Waals surface area contributed by atoms with E-state index in [0.29, 0.717) is 19.5 Å². The highest BCUT2D eigenvalue weighted by atomic mass is 19.2. The van der Waals surface area contributed by atoms with Gasteiger partial charge in [-0.15, -0.1) is 0 Å². The Kier molecular flexibility index (Phi) is 6.28. The van der Waals surface area contributed by atoms with Crippen molar-refractivity contribution in [3.8, 4) is 0 Å². The van der Waals surface area contributed by atoms with Crippen LogP contribution in [0.1, 0.15) is 25.3 Å². The number of benzene rings is 1. The van der Waals surface area contributed by atoms with Crippen molar-refractivity contribution in [2.24, 2.45) is 0 Å². The molecule has 0 saturated heterocycles. The van der Waals surface area contributed by atoms with Gasteiger partial charge in [-0.2, -0.15) is 0 Å². The van der Waals surface area contributed by atoms with Crippen molar-refractivity contribution in [1.82, 2.24) is 10.6 Å². The fraction of sp³-hybridized carbons (Fsp3) is 0.462. The van der Waals surface area contributed by atoms with Crippen LogP contribution in [0.3, 0.4) is 0 Å². The van der Waals surface area contributed by atoms with Crippen LogP contribution in [0, 0.1) is 11.6 Å². The highest BCUT2D eigenvalue weighted by Crippen LogP contribution is 2.10. The lowest BCUT2D eigenvalue weighted by Crippen LogP contribution is -2.28. The minimum absolute atomic E-state index is 0.0379. The molecule has 0 aliphatic carbocycles. The average molecular weight is 256 g/mol. The summed E-state index contributed by atoms with van der Waals surface area (Å²) < 4.78 is 26.1. The van der Waals surface area contributed by atoms with Crippen molar-refractivity contribution in [2.75, 3.05) is 13.1 Å². The SMILES string of the molecule is CCCNC(=O)CCNCc1cccc(F)c1F. The van der Waals surface area contributed by atoms with E-state index in [0.717, 1.165) is 12.5 Å². The number of rotatable bonds is 7. The van der Waals surface area contributed by atoms with Crippen molar-refractivity contribution in [3.05, 3.63) is 35.4 Å². The molecular weight excluding hydrogens is 238 g/mol. The normalized spacial score (nSPS) is 10.4. The number of amides is 1. The monoisotopic (exact) mass is 256 g/mol. The summed E-state index contributed by atoms with van der Waals surface area (Å²) in [5, 5.41) is 5.65. The number of carbonyl (C=O) groups excluding carboxylic acids is 1. The first-order valence-corrected chi connectivity index (χ1v) is 6.05. The maximum absolute atomic E-state index is 13.3. The van der Waals surface area contributed by atoms with E-state index in [2.05, 4.69) is 10.6 Å². The first kappa shape index (κ1) is 14.6. The van der Waals surface area contributed by atoms with Gasteiger partial charge in [-0.25, -0.2) is 8.78 Å². The van der Waals surface area contributed by atoms with E-state index in [1.807, 2.05) is 6.92 Å². The smallest absolute Gasteiger partial charge is 0.221 e. The third-order valence-corrected chi connectivity index (χ3v) is 2.45. The lowest BCUT2D eigenvalue weighted by Gasteiger charge is -2.07. The molecule has 0 saturated carbocycles. The zero-order chi connectivity index (χ0) is 13.4. The fourth-order valence-corrected chi connectivity index (χ4v) is 1.46. The molecule has 0 aromatic heterocycles. The van der Waals surface area contributed by atoms with Crippen molar-refractivity contribution < 1.29 is 13.6 Å². The zero-order valence-electron chi connectivity index (χ0n) is 10.4. The molecule has 0 aliphatic rings. The Morgan fingerprint density at radius 3 is 2.78 bits per heavy atom. The molecular formula is C13H18F2N2O. The Balaban J connectivity index is 2.25. The van der Waals surface area contributed by atoms with Crippen molar-refractivity contribution in [2.45, 2.75) is 26.3 Å². The van der Waals surface area contributed by atoms with Crippen LogP contribution in [-0.2, 0) is 11.3 Å². The molecule has 0 aliphatic heterocycles. The van der Waals surface area contributed by atoms with E-state index >= 15 is 0 Å². The Hall–Kier alpha value is -1.49. The molecule has 0 unspecified atom stereocenters. The number of hydrogen-bond donors (Lipinski definition) is 2. The summed E-state index contributed by atoms with van der Waals surface area (Å²) in [6.45, 7) is 3.29. The third kappa shape index (κ3) is 4.79. The summed E-state index contributed by atoms with van der Waals surface area (Å²) in [5.41, 5.74) is 0.268. The second-order valence-electron chi connectivity index (χ2n) is 3.99. The number of hydrogen-bond acceptors (Lipinski definition) is 2. The van der Waals surface area contributed by atoms with Crippen molar-refractivity contribution in [1.29, 1.82) is 0 Å². The fourth-order valence-electron chi connectivity index (χ4n) is 1.46. The number of nitrogens with one attached hydrogen (secondary N) is 2. The molecule has 18 heavy (non-hydrogen) atoms. The van der Waals surface area contributed by atoms with E-state index in [1.165, 1.54) is 12.1 Å². The lowest BCUT2D eigenvalue weighted by atomic mass is 10.2. The standard InChI is InChI=1S/C13H18F2N2O/c1-2-7-17-12(18)6-8-16-9-10-4-3-5-11(14)13(10)15/h3-5,16H,2,6-9H2,1H3,(H,17,18). The van der Waals surface area contributed by atoms with Gasteiger partial charge in [0, 0.05) is 31.6 Å². The Morgan fingerprint density at radius 2 is 2.06 bits per heavy atom. The predicted molar refractivity (Wildman–Crippen MR) is 66.0 cm³/mol. The van der Waals surface area contributed by atoms with Gasteiger partial charge in [-0.1, -0.05) is 19.1 Å². The number of carbonyl (C=O) groups is 1. The van der Waals surface area contributed by atoms with Gasteiger partial charge in [-0.3, -0.25) is 4.79 Å². The zero-order valence-corrected chi connectivity index (χ0v) is 10.4. The third-order valence-electron chi connectivity index (χ3n) is 2.45.